The summed E-state index contributed by atoms with van der Waals surface area (Å²) in [5, 5.41) is 3.37. The molecule has 0 saturated carbocycles. The fourth-order valence-corrected chi connectivity index (χ4v) is 6.44. The summed E-state index contributed by atoms with van der Waals surface area (Å²) in [7, 11) is 6.89. The van der Waals surface area contributed by atoms with Crippen molar-refractivity contribution in [3.63, 3.8) is 0 Å². The zero-order chi connectivity index (χ0) is 38.3. The predicted molar refractivity (Wildman–Crippen MR) is 193 cm³/mol. The van der Waals surface area contributed by atoms with E-state index >= 15 is 0 Å². The van der Waals surface area contributed by atoms with Crippen molar-refractivity contribution in [1.82, 2.24) is 48.1 Å². The number of fused-ring (bicyclic) bond motifs is 3. The van der Waals surface area contributed by atoms with Gasteiger partial charge in [0.1, 0.15) is 17.8 Å². The van der Waals surface area contributed by atoms with Gasteiger partial charge in [0.2, 0.25) is 0 Å². The number of nitrogens with zero attached hydrogens (tertiary/aromatic N) is 9. The molecule has 0 aliphatic rings. The van der Waals surface area contributed by atoms with E-state index in [9.17, 15) is 28.8 Å². The first-order valence-corrected chi connectivity index (χ1v) is 16.8. The third-order valence-electron chi connectivity index (χ3n) is 9.37. The summed E-state index contributed by atoms with van der Waals surface area (Å²) in [6.07, 6.45) is 3.72. The minimum Gasteiger partial charge on any atom is -0.454 e. The zero-order valence-electron chi connectivity index (χ0n) is 30.2. The number of hydrogen-bond donors (Lipinski definition) is 1. The topological polar surface area (TPSA) is 209 Å². The minimum atomic E-state index is -1.22. The van der Waals surface area contributed by atoms with Crippen molar-refractivity contribution in [2.45, 2.75) is 51.3 Å². The van der Waals surface area contributed by atoms with Gasteiger partial charge >= 0.3 is 23.4 Å². The van der Waals surface area contributed by atoms with Crippen LogP contribution in [0.15, 0.2) is 62.0 Å². The number of aryl methyl sites for hydroxylation is 2. The summed E-state index contributed by atoms with van der Waals surface area (Å²) in [5.74, 6) is -0.789. The molecule has 5 aromatic heterocycles. The maximum absolute atomic E-state index is 13.9. The van der Waals surface area contributed by atoms with Crippen molar-refractivity contribution in [3.05, 3.63) is 101 Å². The molecule has 0 spiro atoms. The second-order valence-electron chi connectivity index (χ2n) is 12.6. The number of aromatic nitrogens is 9. The highest BCUT2D eigenvalue weighted by molar-refractivity contribution is 5.87. The summed E-state index contributed by atoms with van der Waals surface area (Å²) >= 11 is 0. The fourth-order valence-electron chi connectivity index (χ4n) is 6.44. The Balaban J connectivity index is 1.36. The highest BCUT2D eigenvalue weighted by atomic mass is 16.6. The van der Waals surface area contributed by atoms with Gasteiger partial charge in [-0.05, 0) is 24.5 Å². The predicted octanol–water partition coefficient (Wildman–Crippen LogP) is 1.28. The summed E-state index contributed by atoms with van der Waals surface area (Å²) < 4.78 is 17.1. The lowest BCUT2D eigenvalue weighted by Crippen LogP contribution is -2.43. The highest BCUT2D eigenvalue weighted by Crippen LogP contribution is 2.31. The summed E-state index contributed by atoms with van der Waals surface area (Å²) in [6.45, 7) is 3.72. The van der Waals surface area contributed by atoms with Crippen molar-refractivity contribution in [3.8, 4) is 0 Å². The minimum absolute atomic E-state index is 0.00752. The van der Waals surface area contributed by atoms with Crippen LogP contribution in [0.3, 0.4) is 0 Å². The van der Waals surface area contributed by atoms with Gasteiger partial charge < -0.3 is 19.4 Å². The quantitative estimate of drug-likeness (QED) is 0.198. The number of hydrogen-bond acceptors (Lipinski definition) is 12. The van der Waals surface area contributed by atoms with Crippen LogP contribution in [0, 0.1) is 0 Å². The average Bonchev–Trinajstić information content (AvgIpc) is 3.53. The Morgan fingerprint density at radius 3 is 1.92 bits per heavy atom. The number of carbonyl (C=O) groups excluding carboxylic acids is 2. The Morgan fingerprint density at radius 1 is 0.792 bits per heavy atom. The molecule has 3 atom stereocenters. The molecule has 1 aromatic carbocycles. The van der Waals surface area contributed by atoms with Gasteiger partial charge in [0.15, 0.2) is 22.3 Å². The largest absolute Gasteiger partial charge is 0.454 e. The lowest BCUT2D eigenvalue weighted by atomic mass is 10.0. The molecule has 1 N–H and O–H groups in total. The van der Waals surface area contributed by atoms with Gasteiger partial charge in [0.05, 0.1) is 31.2 Å². The van der Waals surface area contributed by atoms with Gasteiger partial charge in [0, 0.05) is 51.7 Å². The van der Waals surface area contributed by atoms with Crippen LogP contribution in [-0.2, 0) is 48.9 Å². The third kappa shape index (κ3) is 6.36. The van der Waals surface area contributed by atoms with Gasteiger partial charge in [-0.3, -0.25) is 27.9 Å². The van der Waals surface area contributed by atoms with E-state index in [2.05, 4.69) is 25.3 Å². The summed E-state index contributed by atoms with van der Waals surface area (Å²) in [4.78, 5) is 95.0. The normalized spacial score (nSPS) is 13.3. The lowest BCUT2D eigenvalue weighted by Gasteiger charge is -2.21. The Bertz CT molecular complexity index is 2670. The molecule has 276 valence electrons. The van der Waals surface area contributed by atoms with E-state index in [0.29, 0.717) is 17.7 Å². The van der Waals surface area contributed by atoms with E-state index in [-0.39, 0.29) is 40.9 Å². The van der Waals surface area contributed by atoms with E-state index < -0.39 is 52.7 Å². The highest BCUT2D eigenvalue weighted by Gasteiger charge is 2.30. The molecular formula is C35H38N10O8. The standard InChI is InChI=1S/C35H38N10O8/c1-8-23(21-15-36-28-26(38-21)30(46)43(5)34(50)41(28)3)45-17-18(19-12-10-11-13-24(19)45)14-20(40-33(49)52-7)32(48)53-25(9-2)22-16-37-29-27(39-22)31(47)44(6)35(51)42(29)4/h10-13,15-17,20,23,25H,8-9,14H2,1-7H3,(H,40,49)/t20-,23-,25+/m0/s1. The van der Waals surface area contributed by atoms with E-state index in [1.165, 1.54) is 50.6 Å². The monoisotopic (exact) mass is 726 g/mol. The molecule has 18 nitrogen and oxygen atoms in total. The first kappa shape index (κ1) is 36.3. The first-order chi connectivity index (χ1) is 25.3. The number of esters is 1. The number of benzene rings is 1. The van der Waals surface area contributed by atoms with Crippen molar-refractivity contribution in [2.75, 3.05) is 7.11 Å². The number of carbonyl (C=O) groups is 2. The van der Waals surface area contributed by atoms with Crippen LogP contribution >= 0.6 is 0 Å². The third-order valence-corrected chi connectivity index (χ3v) is 9.37. The Labute approximate surface area is 300 Å². The van der Waals surface area contributed by atoms with Crippen LogP contribution < -0.4 is 27.8 Å². The SMILES string of the molecule is CC[C@@H](OC(=O)[C@H](Cc1cn([C@@H](CC)c2cnc3c(n2)c(=O)n(C)c(=O)n3C)c2ccccc12)NC(=O)OC)c1cnc2c(n1)c(=O)n(C)c(=O)n2C. The van der Waals surface area contributed by atoms with Crippen LogP contribution in [0.25, 0.3) is 33.2 Å². The molecule has 53 heavy (non-hydrogen) atoms. The van der Waals surface area contributed by atoms with E-state index in [4.69, 9.17) is 9.47 Å². The van der Waals surface area contributed by atoms with Crippen LogP contribution in [-0.4, -0.2) is 68.0 Å². The molecule has 1 amide bonds. The number of nitrogens with one attached hydrogen (secondary N) is 1. The molecular weight excluding hydrogens is 688 g/mol. The van der Waals surface area contributed by atoms with Gasteiger partial charge in [0.25, 0.3) is 11.1 Å². The van der Waals surface area contributed by atoms with Crippen molar-refractivity contribution in [2.24, 2.45) is 28.2 Å². The Kier molecular flexibility index (Phi) is 9.79. The average molecular weight is 727 g/mol. The maximum atomic E-state index is 13.9. The number of methoxy groups -OCH3 is 1. The number of amides is 1. The Morgan fingerprint density at radius 2 is 1.36 bits per heavy atom. The molecule has 5 heterocycles. The van der Waals surface area contributed by atoms with Gasteiger partial charge in [-0.2, -0.15) is 0 Å². The van der Waals surface area contributed by atoms with Gasteiger partial charge in [-0.1, -0.05) is 32.0 Å². The maximum Gasteiger partial charge on any atom is 0.407 e. The van der Waals surface area contributed by atoms with Crippen LogP contribution in [0.1, 0.15) is 55.8 Å². The van der Waals surface area contributed by atoms with Crippen molar-refractivity contribution >= 4 is 45.3 Å². The smallest absolute Gasteiger partial charge is 0.407 e. The molecule has 6 aromatic rings. The zero-order valence-corrected chi connectivity index (χ0v) is 30.2. The van der Waals surface area contributed by atoms with Gasteiger partial charge in [-0.25, -0.2) is 39.1 Å². The van der Waals surface area contributed by atoms with Crippen LogP contribution in [0.5, 0.6) is 0 Å². The van der Waals surface area contributed by atoms with Crippen molar-refractivity contribution < 1.29 is 19.1 Å². The molecule has 0 bridgehead atoms. The summed E-state index contributed by atoms with van der Waals surface area (Å²) in [5.41, 5.74) is 0.117. The number of ether oxygens (including phenoxy) is 2. The van der Waals surface area contributed by atoms with E-state index in [1.54, 1.807) is 13.1 Å². The molecule has 0 aliphatic carbocycles. The van der Waals surface area contributed by atoms with E-state index in [0.717, 1.165) is 20.0 Å². The first-order valence-electron chi connectivity index (χ1n) is 16.8. The molecule has 0 saturated heterocycles. The van der Waals surface area contributed by atoms with Crippen molar-refractivity contribution in [1.29, 1.82) is 0 Å². The number of alkyl carbamates (subject to hydrolysis) is 1. The second-order valence-corrected chi connectivity index (χ2v) is 12.6. The number of para-hydroxylation sites is 1. The van der Waals surface area contributed by atoms with Crippen LogP contribution in [0.2, 0.25) is 0 Å². The lowest BCUT2D eigenvalue weighted by molar-refractivity contribution is -0.152. The van der Waals surface area contributed by atoms with Gasteiger partial charge in [-0.15, -0.1) is 0 Å². The Hall–Kier alpha value is -6.46. The molecule has 0 fully saturated rings. The molecule has 0 aliphatic heterocycles. The second kappa shape index (κ2) is 14.3. The molecule has 0 radical (unpaired) electrons. The molecule has 6 rings (SSSR count). The number of rotatable bonds is 10. The molecule has 18 heteroatoms. The molecule has 0 unspecified atom stereocenters. The fraction of sp³-hybridized carbons (Fsp3) is 0.371. The summed E-state index contributed by atoms with van der Waals surface area (Å²) in [6, 6.07) is 5.89. The van der Waals surface area contributed by atoms with E-state index in [1.807, 2.05) is 42.0 Å². The van der Waals surface area contributed by atoms with Crippen LogP contribution in [0.4, 0.5) is 4.79 Å².